The van der Waals surface area contributed by atoms with Crippen LogP contribution in [-0.2, 0) is 6.18 Å². The zero-order valence-corrected chi connectivity index (χ0v) is 14.0. The topological polar surface area (TPSA) is 48.4 Å². The summed E-state index contributed by atoms with van der Waals surface area (Å²) in [6.45, 7) is 2.76. The average Bonchev–Trinajstić information content (AvgIpc) is 2.61. The van der Waals surface area contributed by atoms with Crippen molar-refractivity contribution in [2.45, 2.75) is 6.18 Å². The minimum atomic E-state index is -4.36. The standard InChI is InChI=1S/C16H19F3N6/c1-23(2)14-9-15(22-11-21-14)25-7-5-24(6-8-25)13-4-3-12(10-20-13)16(17,18)19/h3-4,9-11H,5-8H2,1-2H3. The summed E-state index contributed by atoms with van der Waals surface area (Å²) in [4.78, 5) is 18.5. The predicted molar refractivity (Wildman–Crippen MR) is 90.0 cm³/mol. The lowest BCUT2D eigenvalue weighted by Gasteiger charge is -2.36. The maximum absolute atomic E-state index is 12.6. The van der Waals surface area contributed by atoms with Crippen LogP contribution in [0.2, 0.25) is 0 Å². The Bertz CT molecular complexity index is 709. The summed E-state index contributed by atoms with van der Waals surface area (Å²) in [5, 5.41) is 0. The highest BCUT2D eigenvalue weighted by molar-refractivity contribution is 5.51. The molecule has 1 aliphatic rings. The lowest BCUT2D eigenvalue weighted by atomic mass is 10.2. The minimum absolute atomic E-state index is 0.560. The maximum atomic E-state index is 12.6. The fourth-order valence-corrected chi connectivity index (χ4v) is 2.66. The quantitative estimate of drug-likeness (QED) is 0.845. The number of aromatic nitrogens is 3. The Hall–Kier alpha value is -2.58. The van der Waals surface area contributed by atoms with Crippen molar-refractivity contribution in [2.24, 2.45) is 0 Å². The van der Waals surface area contributed by atoms with Gasteiger partial charge in [0, 0.05) is 52.5 Å². The van der Waals surface area contributed by atoms with E-state index in [-0.39, 0.29) is 0 Å². The number of alkyl halides is 3. The van der Waals surface area contributed by atoms with Crippen molar-refractivity contribution in [1.29, 1.82) is 0 Å². The second kappa shape index (κ2) is 6.73. The van der Waals surface area contributed by atoms with Crippen molar-refractivity contribution in [3.8, 4) is 0 Å². The monoisotopic (exact) mass is 352 g/mol. The molecule has 0 N–H and O–H groups in total. The maximum Gasteiger partial charge on any atom is 0.417 e. The number of pyridine rings is 1. The first-order valence-corrected chi connectivity index (χ1v) is 7.87. The van der Waals surface area contributed by atoms with Gasteiger partial charge in [-0.15, -0.1) is 0 Å². The third-order valence-corrected chi connectivity index (χ3v) is 4.10. The second-order valence-corrected chi connectivity index (χ2v) is 6.01. The highest BCUT2D eigenvalue weighted by Crippen LogP contribution is 2.29. The molecule has 0 radical (unpaired) electrons. The first-order valence-electron chi connectivity index (χ1n) is 7.87. The molecule has 0 saturated carbocycles. The fourth-order valence-electron chi connectivity index (χ4n) is 2.66. The summed E-state index contributed by atoms with van der Waals surface area (Å²) < 4.78 is 37.8. The molecule has 134 valence electrons. The van der Waals surface area contributed by atoms with Crippen LogP contribution in [0.4, 0.5) is 30.6 Å². The normalized spacial score (nSPS) is 15.4. The van der Waals surface area contributed by atoms with Crippen LogP contribution < -0.4 is 14.7 Å². The van der Waals surface area contributed by atoms with Crippen molar-refractivity contribution in [2.75, 3.05) is 55.0 Å². The largest absolute Gasteiger partial charge is 0.417 e. The third kappa shape index (κ3) is 3.92. The van der Waals surface area contributed by atoms with Crippen molar-refractivity contribution in [1.82, 2.24) is 15.0 Å². The van der Waals surface area contributed by atoms with Crippen LogP contribution in [0.25, 0.3) is 0 Å². The molecule has 2 aromatic heterocycles. The van der Waals surface area contributed by atoms with Gasteiger partial charge in [0.25, 0.3) is 0 Å². The Morgan fingerprint density at radius 1 is 0.920 bits per heavy atom. The molecule has 0 aromatic carbocycles. The van der Waals surface area contributed by atoms with Gasteiger partial charge in [-0.3, -0.25) is 0 Å². The summed E-state index contributed by atoms with van der Waals surface area (Å²) in [5.41, 5.74) is -0.730. The Morgan fingerprint density at radius 3 is 2.08 bits per heavy atom. The Labute approximate surface area is 143 Å². The number of halogens is 3. The molecule has 1 fully saturated rings. The minimum Gasteiger partial charge on any atom is -0.363 e. The van der Waals surface area contributed by atoms with Gasteiger partial charge in [-0.1, -0.05) is 0 Å². The number of piperazine rings is 1. The van der Waals surface area contributed by atoms with Gasteiger partial charge in [0.05, 0.1) is 5.56 Å². The summed E-state index contributed by atoms with van der Waals surface area (Å²) in [7, 11) is 3.83. The molecule has 3 heterocycles. The van der Waals surface area contributed by atoms with Gasteiger partial charge in [-0.05, 0) is 12.1 Å². The van der Waals surface area contributed by atoms with Crippen LogP contribution in [-0.4, -0.2) is 55.2 Å². The molecular formula is C16H19F3N6. The molecule has 0 atom stereocenters. The van der Waals surface area contributed by atoms with Crippen LogP contribution in [0.15, 0.2) is 30.7 Å². The molecule has 25 heavy (non-hydrogen) atoms. The SMILES string of the molecule is CN(C)c1cc(N2CCN(c3ccc(C(F)(F)F)cn3)CC2)ncn1. The molecule has 0 bridgehead atoms. The van der Waals surface area contributed by atoms with Crippen LogP contribution >= 0.6 is 0 Å². The van der Waals surface area contributed by atoms with Gasteiger partial charge in [-0.25, -0.2) is 15.0 Å². The number of hydrogen-bond donors (Lipinski definition) is 0. The van der Waals surface area contributed by atoms with E-state index in [0.29, 0.717) is 32.0 Å². The smallest absolute Gasteiger partial charge is 0.363 e. The summed E-state index contributed by atoms with van der Waals surface area (Å²) in [6, 6.07) is 4.42. The van der Waals surface area contributed by atoms with Crippen LogP contribution in [0.1, 0.15) is 5.56 Å². The summed E-state index contributed by atoms with van der Waals surface area (Å²) in [5.74, 6) is 2.24. The van der Waals surface area contributed by atoms with Gasteiger partial charge < -0.3 is 14.7 Å². The molecule has 0 amide bonds. The lowest BCUT2D eigenvalue weighted by Crippen LogP contribution is -2.47. The van der Waals surface area contributed by atoms with Gasteiger partial charge in [0.15, 0.2) is 0 Å². The van der Waals surface area contributed by atoms with Gasteiger partial charge in [0.1, 0.15) is 23.8 Å². The average molecular weight is 352 g/mol. The van der Waals surface area contributed by atoms with E-state index in [4.69, 9.17) is 0 Å². The molecule has 0 aliphatic carbocycles. The first-order chi connectivity index (χ1) is 11.8. The molecule has 6 nitrogen and oxygen atoms in total. The van der Waals surface area contributed by atoms with Crippen molar-refractivity contribution < 1.29 is 13.2 Å². The molecule has 0 unspecified atom stereocenters. The van der Waals surface area contributed by atoms with Crippen LogP contribution in [0.5, 0.6) is 0 Å². The number of rotatable bonds is 3. The Balaban J connectivity index is 1.65. The molecule has 0 spiro atoms. The van der Waals surface area contributed by atoms with Crippen molar-refractivity contribution >= 4 is 17.5 Å². The van der Waals surface area contributed by atoms with Gasteiger partial charge in [0.2, 0.25) is 0 Å². The zero-order valence-electron chi connectivity index (χ0n) is 14.0. The van der Waals surface area contributed by atoms with Crippen LogP contribution in [0, 0.1) is 0 Å². The molecule has 2 aromatic rings. The lowest BCUT2D eigenvalue weighted by molar-refractivity contribution is -0.137. The number of nitrogens with zero attached hydrogens (tertiary/aromatic N) is 6. The fraction of sp³-hybridized carbons (Fsp3) is 0.438. The zero-order chi connectivity index (χ0) is 18.0. The third-order valence-electron chi connectivity index (χ3n) is 4.10. The van der Waals surface area contributed by atoms with E-state index in [1.54, 1.807) is 0 Å². The van der Waals surface area contributed by atoms with E-state index >= 15 is 0 Å². The predicted octanol–water partition coefficient (Wildman–Crippen LogP) is 2.28. The Morgan fingerprint density at radius 2 is 1.56 bits per heavy atom. The summed E-state index contributed by atoms with van der Waals surface area (Å²) >= 11 is 0. The molecule has 9 heteroatoms. The van der Waals surface area contributed by atoms with Crippen molar-refractivity contribution in [3.05, 3.63) is 36.3 Å². The highest BCUT2D eigenvalue weighted by atomic mass is 19.4. The molecular weight excluding hydrogens is 333 g/mol. The van der Waals surface area contributed by atoms with E-state index in [9.17, 15) is 13.2 Å². The van der Waals surface area contributed by atoms with Crippen molar-refractivity contribution in [3.63, 3.8) is 0 Å². The summed E-state index contributed by atoms with van der Waals surface area (Å²) in [6.07, 6.45) is -1.94. The highest BCUT2D eigenvalue weighted by Gasteiger charge is 2.31. The second-order valence-electron chi connectivity index (χ2n) is 6.01. The van der Waals surface area contributed by atoms with Crippen LogP contribution in [0.3, 0.4) is 0 Å². The molecule has 1 aliphatic heterocycles. The first kappa shape index (κ1) is 17.2. The van der Waals surface area contributed by atoms with E-state index in [2.05, 4.69) is 19.9 Å². The van der Waals surface area contributed by atoms with E-state index in [1.807, 2.05) is 30.0 Å². The van der Waals surface area contributed by atoms with E-state index in [0.717, 1.165) is 23.9 Å². The Kier molecular flexibility index (Phi) is 4.65. The molecule has 1 saturated heterocycles. The number of anilines is 3. The van der Waals surface area contributed by atoms with Gasteiger partial charge >= 0.3 is 6.18 Å². The van der Waals surface area contributed by atoms with Gasteiger partial charge in [-0.2, -0.15) is 13.2 Å². The number of hydrogen-bond acceptors (Lipinski definition) is 6. The van der Waals surface area contributed by atoms with E-state index in [1.165, 1.54) is 12.4 Å². The molecule has 3 rings (SSSR count). The van der Waals surface area contributed by atoms with E-state index < -0.39 is 11.7 Å².